The molecule has 1 aromatic carbocycles. The molecule has 2 N–H and O–H groups in total. The summed E-state index contributed by atoms with van der Waals surface area (Å²) in [5.41, 5.74) is 2.58. The molecule has 0 spiro atoms. The first-order valence-corrected chi connectivity index (χ1v) is 11.6. The fourth-order valence-corrected chi connectivity index (χ4v) is 4.43. The van der Waals surface area contributed by atoms with E-state index in [1.165, 1.54) is 43.7 Å². The third-order valence-corrected chi connectivity index (χ3v) is 6.39. The Bertz CT molecular complexity index is 660. The van der Waals surface area contributed by atoms with Gasteiger partial charge in [0.15, 0.2) is 5.96 Å². The van der Waals surface area contributed by atoms with Crippen LogP contribution in [-0.4, -0.2) is 82.3 Å². The standard InChI is InChI=1S/C24H41N5O.HI/c1-19-7-9-21(10-8-19)23-22(6-5-15-30-23)17-27-24(25-3)26-16-20(2)18-29-13-11-28(4)12-14-29;/h7-10,20,22-23H,5-6,11-18H2,1-4H3,(H2,25,26,27);1H. The zero-order chi connectivity index (χ0) is 21.3. The molecule has 2 heterocycles. The minimum atomic E-state index is 0. The summed E-state index contributed by atoms with van der Waals surface area (Å²) in [4.78, 5) is 9.43. The SMILES string of the molecule is CN=C(NCC(C)CN1CCN(C)CC1)NCC1CCCOC1c1ccc(C)cc1.I. The van der Waals surface area contributed by atoms with Gasteiger partial charge in [-0.2, -0.15) is 0 Å². The molecule has 3 rings (SSSR count). The zero-order valence-electron chi connectivity index (χ0n) is 19.8. The van der Waals surface area contributed by atoms with Crippen LogP contribution in [0.3, 0.4) is 0 Å². The molecular formula is C24H42IN5O. The lowest BCUT2D eigenvalue weighted by Crippen LogP contribution is -2.48. The van der Waals surface area contributed by atoms with Crippen LogP contribution < -0.4 is 10.6 Å². The molecule has 2 aliphatic rings. The summed E-state index contributed by atoms with van der Waals surface area (Å²) in [6, 6.07) is 8.79. The van der Waals surface area contributed by atoms with E-state index in [4.69, 9.17) is 4.74 Å². The van der Waals surface area contributed by atoms with E-state index in [9.17, 15) is 0 Å². The van der Waals surface area contributed by atoms with Crippen molar-refractivity contribution >= 4 is 29.9 Å². The van der Waals surface area contributed by atoms with Crippen molar-refractivity contribution in [3.05, 3.63) is 35.4 Å². The van der Waals surface area contributed by atoms with Crippen molar-refractivity contribution in [1.82, 2.24) is 20.4 Å². The number of ether oxygens (including phenoxy) is 1. The van der Waals surface area contributed by atoms with E-state index in [1.54, 1.807) is 0 Å². The predicted molar refractivity (Wildman–Crippen MR) is 140 cm³/mol. The number of aryl methyl sites for hydroxylation is 1. The van der Waals surface area contributed by atoms with Crippen LogP contribution in [0.4, 0.5) is 0 Å². The Balaban J connectivity index is 0.00000341. The highest BCUT2D eigenvalue weighted by Crippen LogP contribution is 2.33. The molecule has 0 saturated carbocycles. The highest BCUT2D eigenvalue weighted by atomic mass is 127. The van der Waals surface area contributed by atoms with Crippen molar-refractivity contribution in [1.29, 1.82) is 0 Å². The predicted octanol–water partition coefficient (Wildman–Crippen LogP) is 3.13. The highest BCUT2D eigenvalue weighted by Gasteiger charge is 2.27. The summed E-state index contributed by atoms with van der Waals surface area (Å²) in [5.74, 6) is 1.95. The largest absolute Gasteiger partial charge is 0.373 e. The Hall–Kier alpha value is -0.900. The number of nitrogens with zero attached hydrogens (tertiary/aromatic N) is 3. The third-order valence-electron chi connectivity index (χ3n) is 6.39. The van der Waals surface area contributed by atoms with Crippen molar-refractivity contribution < 1.29 is 4.74 Å². The molecule has 1 aromatic rings. The number of likely N-dealkylation sites (N-methyl/N-ethyl adjacent to an activating group) is 1. The van der Waals surface area contributed by atoms with Crippen molar-refractivity contribution in [2.24, 2.45) is 16.8 Å². The minimum Gasteiger partial charge on any atom is -0.373 e. The first-order valence-electron chi connectivity index (χ1n) is 11.6. The Morgan fingerprint density at radius 3 is 2.55 bits per heavy atom. The number of rotatable bonds is 7. The number of halogens is 1. The molecule has 2 fully saturated rings. The number of guanidine groups is 1. The van der Waals surface area contributed by atoms with Gasteiger partial charge >= 0.3 is 0 Å². The van der Waals surface area contributed by atoms with Gasteiger partial charge in [0.05, 0.1) is 6.10 Å². The van der Waals surface area contributed by atoms with Gasteiger partial charge in [0.2, 0.25) is 0 Å². The molecule has 2 saturated heterocycles. The molecule has 0 aromatic heterocycles. The number of aliphatic imine (C=N–C) groups is 1. The average molecular weight is 544 g/mol. The smallest absolute Gasteiger partial charge is 0.190 e. The molecule has 31 heavy (non-hydrogen) atoms. The second-order valence-electron chi connectivity index (χ2n) is 9.15. The van der Waals surface area contributed by atoms with Crippen LogP contribution in [0.25, 0.3) is 0 Å². The van der Waals surface area contributed by atoms with Gasteiger partial charge in [-0.15, -0.1) is 24.0 Å². The summed E-state index contributed by atoms with van der Waals surface area (Å²) in [5, 5.41) is 7.08. The van der Waals surface area contributed by atoms with Crippen molar-refractivity contribution in [3.8, 4) is 0 Å². The molecule has 0 aliphatic carbocycles. The number of nitrogens with one attached hydrogen (secondary N) is 2. The summed E-state index contributed by atoms with van der Waals surface area (Å²) >= 11 is 0. The molecular weight excluding hydrogens is 501 g/mol. The van der Waals surface area contributed by atoms with Crippen LogP contribution in [0.1, 0.15) is 37.0 Å². The molecule has 176 valence electrons. The number of hydrogen-bond acceptors (Lipinski definition) is 4. The Labute approximate surface area is 206 Å². The fraction of sp³-hybridized carbons (Fsp3) is 0.708. The number of piperazine rings is 1. The molecule has 0 amide bonds. The lowest BCUT2D eigenvalue weighted by atomic mass is 9.89. The lowest BCUT2D eigenvalue weighted by Gasteiger charge is -2.34. The molecule has 0 bridgehead atoms. The second-order valence-corrected chi connectivity index (χ2v) is 9.15. The summed E-state index contributed by atoms with van der Waals surface area (Å²) in [6.45, 7) is 13.0. The number of hydrogen-bond donors (Lipinski definition) is 2. The van der Waals surface area contributed by atoms with Gasteiger partial charge in [-0.25, -0.2) is 0 Å². The molecule has 2 aliphatic heterocycles. The van der Waals surface area contributed by atoms with E-state index >= 15 is 0 Å². The van der Waals surface area contributed by atoms with Crippen LogP contribution in [-0.2, 0) is 4.74 Å². The monoisotopic (exact) mass is 543 g/mol. The van der Waals surface area contributed by atoms with Gasteiger partial charge in [-0.1, -0.05) is 36.8 Å². The van der Waals surface area contributed by atoms with Gasteiger partial charge in [0.1, 0.15) is 0 Å². The van der Waals surface area contributed by atoms with Gasteiger partial charge in [-0.3, -0.25) is 4.99 Å². The minimum absolute atomic E-state index is 0. The Morgan fingerprint density at radius 2 is 1.87 bits per heavy atom. The van der Waals surface area contributed by atoms with Crippen LogP contribution in [0, 0.1) is 18.8 Å². The van der Waals surface area contributed by atoms with Gasteiger partial charge in [0.25, 0.3) is 0 Å². The normalized spacial score (nSPS) is 24.3. The van der Waals surface area contributed by atoms with E-state index in [2.05, 4.69) is 70.6 Å². The van der Waals surface area contributed by atoms with Crippen molar-refractivity contribution in [2.75, 3.05) is 66.5 Å². The van der Waals surface area contributed by atoms with Crippen LogP contribution >= 0.6 is 24.0 Å². The van der Waals surface area contributed by atoms with Gasteiger partial charge < -0.3 is 25.2 Å². The Morgan fingerprint density at radius 1 is 1.16 bits per heavy atom. The molecule has 0 radical (unpaired) electrons. The fourth-order valence-electron chi connectivity index (χ4n) is 4.43. The first-order chi connectivity index (χ1) is 14.5. The topological polar surface area (TPSA) is 52.1 Å². The maximum Gasteiger partial charge on any atom is 0.190 e. The van der Waals surface area contributed by atoms with E-state index in [0.717, 1.165) is 38.6 Å². The number of benzene rings is 1. The summed E-state index contributed by atoms with van der Waals surface area (Å²) < 4.78 is 6.16. The lowest BCUT2D eigenvalue weighted by molar-refractivity contribution is -0.0265. The zero-order valence-corrected chi connectivity index (χ0v) is 22.1. The molecule has 3 atom stereocenters. The molecule has 3 unspecified atom stereocenters. The van der Waals surface area contributed by atoms with E-state index in [-0.39, 0.29) is 30.1 Å². The van der Waals surface area contributed by atoms with E-state index in [1.807, 2.05) is 7.05 Å². The van der Waals surface area contributed by atoms with Crippen LogP contribution in [0.5, 0.6) is 0 Å². The summed E-state index contributed by atoms with van der Waals surface area (Å²) in [6.07, 6.45) is 2.48. The third kappa shape index (κ3) is 8.51. The molecule has 6 nitrogen and oxygen atoms in total. The van der Waals surface area contributed by atoms with Crippen molar-refractivity contribution in [2.45, 2.75) is 32.8 Å². The second kappa shape index (κ2) is 13.6. The van der Waals surface area contributed by atoms with E-state index in [0.29, 0.717) is 11.8 Å². The molecule has 7 heteroatoms. The Kier molecular flexibility index (Phi) is 11.6. The average Bonchev–Trinajstić information content (AvgIpc) is 2.76. The first kappa shape index (κ1) is 26.4. The van der Waals surface area contributed by atoms with Gasteiger partial charge in [0, 0.05) is 65.4 Å². The quantitative estimate of drug-likeness (QED) is 0.315. The maximum atomic E-state index is 6.16. The van der Waals surface area contributed by atoms with Gasteiger partial charge in [-0.05, 0) is 38.3 Å². The highest BCUT2D eigenvalue weighted by molar-refractivity contribution is 14.0. The van der Waals surface area contributed by atoms with Crippen LogP contribution in [0.2, 0.25) is 0 Å². The maximum absolute atomic E-state index is 6.16. The van der Waals surface area contributed by atoms with E-state index < -0.39 is 0 Å². The van der Waals surface area contributed by atoms with Crippen molar-refractivity contribution in [3.63, 3.8) is 0 Å². The summed E-state index contributed by atoms with van der Waals surface area (Å²) in [7, 11) is 4.06. The van der Waals surface area contributed by atoms with Crippen LogP contribution in [0.15, 0.2) is 29.3 Å².